The van der Waals surface area contributed by atoms with E-state index in [1.807, 2.05) is 84.9 Å². The number of benzene rings is 4. The molecule has 0 aromatic heterocycles. The third-order valence-electron chi connectivity index (χ3n) is 5.55. The topological polar surface area (TPSA) is 60.4 Å². The molecule has 0 aliphatic rings. The largest absolute Gasteiger partial charge is 0.497 e. The molecular formula is C31H28O4. The van der Waals surface area contributed by atoms with Crippen LogP contribution in [0.15, 0.2) is 84.9 Å². The SMILES string of the molecule is CC(=O)c1ccc2cc(C(C)=O)ccc2c1.COc1ccc(C=Cc2ccc(C(C)=O)cc2)cc1. The number of rotatable bonds is 6. The van der Waals surface area contributed by atoms with E-state index in [1.165, 1.54) is 0 Å². The Morgan fingerprint density at radius 3 is 1.29 bits per heavy atom. The summed E-state index contributed by atoms with van der Waals surface area (Å²) >= 11 is 0. The fourth-order valence-electron chi connectivity index (χ4n) is 3.42. The zero-order valence-electron chi connectivity index (χ0n) is 20.4. The number of hydrogen-bond acceptors (Lipinski definition) is 4. The van der Waals surface area contributed by atoms with E-state index in [0.29, 0.717) is 11.1 Å². The van der Waals surface area contributed by atoms with Crippen LogP contribution in [0.2, 0.25) is 0 Å². The molecular weight excluding hydrogens is 436 g/mol. The molecule has 0 fully saturated rings. The first-order chi connectivity index (χ1) is 16.8. The molecule has 4 rings (SSSR count). The Kier molecular flexibility index (Phi) is 8.47. The van der Waals surface area contributed by atoms with Gasteiger partial charge >= 0.3 is 0 Å². The first-order valence-corrected chi connectivity index (χ1v) is 11.3. The minimum Gasteiger partial charge on any atom is -0.497 e. The smallest absolute Gasteiger partial charge is 0.159 e. The molecule has 0 aliphatic heterocycles. The summed E-state index contributed by atoms with van der Waals surface area (Å²) in [6.45, 7) is 4.67. The van der Waals surface area contributed by atoms with E-state index in [-0.39, 0.29) is 17.3 Å². The van der Waals surface area contributed by atoms with Gasteiger partial charge in [-0.15, -0.1) is 0 Å². The van der Waals surface area contributed by atoms with Crippen molar-refractivity contribution in [2.24, 2.45) is 0 Å². The van der Waals surface area contributed by atoms with Gasteiger partial charge in [-0.05, 0) is 66.9 Å². The third kappa shape index (κ3) is 7.08. The Balaban J connectivity index is 0.000000198. The molecule has 176 valence electrons. The summed E-state index contributed by atoms with van der Waals surface area (Å²) in [5, 5.41) is 1.97. The van der Waals surface area contributed by atoms with Crippen LogP contribution in [0.25, 0.3) is 22.9 Å². The predicted octanol–water partition coefficient (Wildman–Crippen LogP) is 7.31. The van der Waals surface area contributed by atoms with Gasteiger partial charge in [-0.1, -0.05) is 72.8 Å². The average molecular weight is 465 g/mol. The molecule has 0 saturated heterocycles. The minimum atomic E-state index is 0.0533. The molecule has 0 bridgehead atoms. The van der Waals surface area contributed by atoms with Gasteiger partial charge in [0.25, 0.3) is 0 Å². The first kappa shape index (κ1) is 25.3. The second-order valence-electron chi connectivity index (χ2n) is 8.17. The Bertz CT molecular complexity index is 1320. The van der Waals surface area contributed by atoms with E-state index in [4.69, 9.17) is 4.74 Å². The van der Waals surface area contributed by atoms with Crippen LogP contribution in [0.1, 0.15) is 63.0 Å². The summed E-state index contributed by atoms with van der Waals surface area (Å²) in [4.78, 5) is 33.6. The number of methoxy groups -OCH3 is 1. The fourth-order valence-corrected chi connectivity index (χ4v) is 3.42. The molecule has 4 aromatic carbocycles. The van der Waals surface area contributed by atoms with Crippen molar-refractivity contribution < 1.29 is 19.1 Å². The highest BCUT2D eigenvalue weighted by Gasteiger charge is 2.04. The molecule has 4 nitrogen and oxygen atoms in total. The molecule has 4 aromatic rings. The molecule has 0 aliphatic carbocycles. The van der Waals surface area contributed by atoms with Gasteiger partial charge in [0.15, 0.2) is 17.3 Å². The van der Waals surface area contributed by atoms with Gasteiger partial charge in [0.05, 0.1) is 7.11 Å². The van der Waals surface area contributed by atoms with Crippen LogP contribution in [0, 0.1) is 0 Å². The Morgan fingerprint density at radius 1 is 0.543 bits per heavy atom. The quantitative estimate of drug-likeness (QED) is 0.222. The number of fused-ring (bicyclic) bond motifs is 1. The van der Waals surface area contributed by atoms with Crippen molar-refractivity contribution in [3.63, 3.8) is 0 Å². The predicted molar refractivity (Wildman–Crippen MR) is 142 cm³/mol. The maximum absolute atomic E-state index is 11.2. The molecule has 0 heterocycles. The van der Waals surface area contributed by atoms with E-state index in [0.717, 1.165) is 33.2 Å². The van der Waals surface area contributed by atoms with Gasteiger partial charge in [0.1, 0.15) is 5.75 Å². The molecule has 0 amide bonds. The molecule has 0 N–H and O–H groups in total. The number of hydrogen-bond donors (Lipinski definition) is 0. The van der Waals surface area contributed by atoms with Crippen molar-refractivity contribution in [2.75, 3.05) is 7.11 Å². The number of carbonyl (C=O) groups is 3. The van der Waals surface area contributed by atoms with Crippen molar-refractivity contribution in [3.8, 4) is 5.75 Å². The number of ketones is 3. The minimum absolute atomic E-state index is 0.0533. The van der Waals surface area contributed by atoms with Crippen LogP contribution >= 0.6 is 0 Å². The fraction of sp³-hybridized carbons (Fsp3) is 0.129. The Hall–Kier alpha value is -4.31. The summed E-state index contributed by atoms with van der Waals surface area (Å²) < 4.78 is 5.11. The molecule has 0 atom stereocenters. The van der Waals surface area contributed by atoms with E-state index < -0.39 is 0 Å². The lowest BCUT2D eigenvalue weighted by Gasteiger charge is -2.02. The van der Waals surface area contributed by atoms with E-state index in [1.54, 1.807) is 40.0 Å². The van der Waals surface area contributed by atoms with Gasteiger partial charge in [-0.3, -0.25) is 14.4 Å². The van der Waals surface area contributed by atoms with Gasteiger partial charge in [0, 0.05) is 16.7 Å². The van der Waals surface area contributed by atoms with Crippen molar-refractivity contribution in [1.29, 1.82) is 0 Å². The van der Waals surface area contributed by atoms with Crippen molar-refractivity contribution in [2.45, 2.75) is 20.8 Å². The van der Waals surface area contributed by atoms with Crippen LogP contribution in [0.3, 0.4) is 0 Å². The average Bonchev–Trinajstić information content (AvgIpc) is 2.87. The monoisotopic (exact) mass is 464 g/mol. The maximum Gasteiger partial charge on any atom is 0.159 e. The van der Waals surface area contributed by atoms with Crippen LogP contribution in [0.4, 0.5) is 0 Å². The zero-order valence-corrected chi connectivity index (χ0v) is 20.4. The summed E-state index contributed by atoms with van der Waals surface area (Å²) in [6.07, 6.45) is 4.05. The lowest BCUT2D eigenvalue weighted by molar-refractivity contribution is 0.100. The van der Waals surface area contributed by atoms with E-state index in [9.17, 15) is 14.4 Å². The van der Waals surface area contributed by atoms with Gasteiger partial charge in [-0.25, -0.2) is 0 Å². The molecule has 0 saturated carbocycles. The van der Waals surface area contributed by atoms with Crippen molar-refractivity contribution >= 4 is 40.3 Å². The first-order valence-electron chi connectivity index (χ1n) is 11.3. The standard InChI is InChI=1S/C17H16O2.C14H12O2/c1-13(18)16-9-5-14(6-10-16)3-4-15-7-11-17(19-2)12-8-15;1-9(15)11-3-5-14-8-12(10(2)16)4-6-13(14)7-11/h3-12H,1-2H3;3-8H,1-2H3. The van der Waals surface area contributed by atoms with Crippen LogP contribution in [-0.4, -0.2) is 24.5 Å². The number of ether oxygens (including phenoxy) is 1. The molecule has 35 heavy (non-hydrogen) atoms. The summed E-state index contributed by atoms with van der Waals surface area (Å²) in [5.41, 5.74) is 4.31. The summed E-state index contributed by atoms with van der Waals surface area (Å²) in [7, 11) is 1.65. The zero-order chi connectivity index (χ0) is 25.4. The van der Waals surface area contributed by atoms with Crippen LogP contribution in [0.5, 0.6) is 5.75 Å². The van der Waals surface area contributed by atoms with E-state index in [2.05, 4.69) is 0 Å². The lowest BCUT2D eigenvalue weighted by Crippen LogP contribution is -1.93. The second kappa shape index (κ2) is 11.7. The summed E-state index contributed by atoms with van der Waals surface area (Å²) in [5.74, 6) is 1.05. The lowest BCUT2D eigenvalue weighted by atomic mass is 10.0. The molecule has 0 spiro atoms. The molecule has 0 radical (unpaired) electrons. The van der Waals surface area contributed by atoms with Gasteiger partial charge in [0.2, 0.25) is 0 Å². The highest BCUT2D eigenvalue weighted by atomic mass is 16.5. The molecule has 4 heteroatoms. The Morgan fingerprint density at radius 2 is 0.914 bits per heavy atom. The Labute approximate surface area is 205 Å². The summed E-state index contributed by atoms with van der Waals surface area (Å²) in [6, 6.07) is 26.4. The molecule has 0 unspecified atom stereocenters. The normalized spacial score (nSPS) is 10.5. The second-order valence-corrected chi connectivity index (χ2v) is 8.17. The number of carbonyl (C=O) groups excluding carboxylic acids is 3. The highest BCUT2D eigenvalue weighted by Crippen LogP contribution is 2.19. The number of Topliss-reactive ketones (excluding diaryl/α,β-unsaturated/α-hetero) is 3. The van der Waals surface area contributed by atoms with Crippen LogP contribution < -0.4 is 4.74 Å². The van der Waals surface area contributed by atoms with Crippen molar-refractivity contribution in [3.05, 3.63) is 113 Å². The maximum atomic E-state index is 11.2. The van der Waals surface area contributed by atoms with Gasteiger partial charge < -0.3 is 4.74 Å². The third-order valence-corrected chi connectivity index (χ3v) is 5.55. The van der Waals surface area contributed by atoms with Gasteiger partial charge in [-0.2, -0.15) is 0 Å². The van der Waals surface area contributed by atoms with Crippen LogP contribution in [-0.2, 0) is 0 Å². The van der Waals surface area contributed by atoms with Crippen molar-refractivity contribution in [1.82, 2.24) is 0 Å². The highest BCUT2D eigenvalue weighted by molar-refractivity contribution is 6.01. The van der Waals surface area contributed by atoms with E-state index >= 15 is 0 Å².